The summed E-state index contributed by atoms with van der Waals surface area (Å²) in [6.07, 6.45) is 4.39. The first-order chi connectivity index (χ1) is 13.8. The van der Waals surface area contributed by atoms with Crippen LogP contribution in [0.2, 0.25) is 0 Å². The Kier molecular flexibility index (Phi) is 7.90. The number of amides is 2. The van der Waals surface area contributed by atoms with Gasteiger partial charge in [0, 0.05) is 64.7 Å². The molecule has 166 valence electrons. The first-order valence-corrected chi connectivity index (χ1v) is 11.3. The van der Waals surface area contributed by atoms with E-state index in [-0.39, 0.29) is 17.7 Å². The average molecular weight is 410 g/mol. The number of nitrogens with two attached hydrogens (primary N) is 1. The maximum absolute atomic E-state index is 13.1. The smallest absolute Gasteiger partial charge is 0.225 e. The van der Waals surface area contributed by atoms with E-state index >= 15 is 0 Å². The molecular formula is C21H39N5O3. The Morgan fingerprint density at radius 1 is 0.966 bits per heavy atom. The van der Waals surface area contributed by atoms with Crippen LogP contribution in [0.5, 0.6) is 0 Å². The summed E-state index contributed by atoms with van der Waals surface area (Å²) in [5.41, 5.74) is 4.56. The molecule has 8 heteroatoms. The SMILES string of the molecule is CN1CCN(CC2(O)CCCN(C(=O)C3CCN(CCC(N)=O)CC3)CC2)CC1. The Labute approximate surface area is 175 Å². The molecular weight excluding hydrogens is 370 g/mol. The minimum atomic E-state index is -0.678. The highest BCUT2D eigenvalue weighted by Gasteiger charge is 2.36. The first-order valence-electron chi connectivity index (χ1n) is 11.3. The molecule has 8 nitrogen and oxygen atoms in total. The number of nitrogens with zero attached hydrogens (tertiary/aromatic N) is 4. The van der Waals surface area contributed by atoms with Crippen molar-refractivity contribution < 1.29 is 14.7 Å². The molecule has 0 aromatic rings. The number of hydrogen-bond acceptors (Lipinski definition) is 6. The van der Waals surface area contributed by atoms with Gasteiger partial charge in [-0.25, -0.2) is 0 Å². The van der Waals surface area contributed by atoms with Crippen LogP contribution in [0.4, 0.5) is 0 Å². The third-order valence-corrected chi connectivity index (χ3v) is 6.95. The fraction of sp³-hybridized carbons (Fsp3) is 0.905. The number of primary amides is 1. The van der Waals surface area contributed by atoms with Crippen LogP contribution in [0.3, 0.4) is 0 Å². The van der Waals surface area contributed by atoms with Gasteiger partial charge in [-0.15, -0.1) is 0 Å². The maximum atomic E-state index is 13.1. The van der Waals surface area contributed by atoms with Gasteiger partial charge in [-0.2, -0.15) is 0 Å². The average Bonchev–Trinajstić information content (AvgIpc) is 2.90. The number of likely N-dealkylation sites (tertiary alicyclic amines) is 2. The number of piperazine rings is 1. The lowest BCUT2D eigenvalue weighted by molar-refractivity contribution is -0.137. The third-order valence-electron chi connectivity index (χ3n) is 6.95. The van der Waals surface area contributed by atoms with Gasteiger partial charge in [0.25, 0.3) is 0 Å². The van der Waals surface area contributed by atoms with Crippen molar-refractivity contribution in [3.05, 3.63) is 0 Å². The summed E-state index contributed by atoms with van der Waals surface area (Å²) in [4.78, 5) is 32.9. The van der Waals surface area contributed by atoms with Gasteiger partial charge in [0.1, 0.15) is 0 Å². The highest BCUT2D eigenvalue weighted by Crippen LogP contribution is 2.27. The fourth-order valence-corrected chi connectivity index (χ4v) is 4.91. The second kappa shape index (κ2) is 10.2. The van der Waals surface area contributed by atoms with E-state index in [1.54, 1.807) is 0 Å². The first kappa shape index (κ1) is 22.5. The number of piperidine rings is 1. The topological polar surface area (TPSA) is 93.3 Å². The molecule has 2 amide bonds. The summed E-state index contributed by atoms with van der Waals surface area (Å²) < 4.78 is 0. The van der Waals surface area contributed by atoms with Gasteiger partial charge in [-0.1, -0.05) is 0 Å². The summed E-state index contributed by atoms with van der Waals surface area (Å²) in [6, 6.07) is 0. The molecule has 3 fully saturated rings. The lowest BCUT2D eigenvalue weighted by Gasteiger charge is -2.38. The van der Waals surface area contributed by atoms with Crippen molar-refractivity contribution in [3.63, 3.8) is 0 Å². The highest BCUT2D eigenvalue weighted by molar-refractivity contribution is 5.79. The Hall–Kier alpha value is -1.22. The van der Waals surface area contributed by atoms with Gasteiger partial charge >= 0.3 is 0 Å². The number of likely N-dealkylation sites (N-methyl/N-ethyl adjacent to an activating group) is 1. The molecule has 0 aromatic carbocycles. The number of β-amino-alcohol motifs (C(OH)–C–C–N with tert-alkyl or cyclic N) is 1. The Morgan fingerprint density at radius 2 is 1.66 bits per heavy atom. The van der Waals surface area contributed by atoms with Crippen molar-refractivity contribution in [1.29, 1.82) is 0 Å². The van der Waals surface area contributed by atoms with E-state index in [0.717, 1.165) is 78.0 Å². The number of aliphatic hydroxyl groups is 1. The zero-order chi connectivity index (χ0) is 20.9. The van der Waals surface area contributed by atoms with E-state index in [1.807, 2.05) is 4.90 Å². The van der Waals surface area contributed by atoms with Crippen LogP contribution in [0.25, 0.3) is 0 Å². The summed E-state index contributed by atoms with van der Waals surface area (Å²) >= 11 is 0. The molecule has 1 unspecified atom stereocenters. The molecule has 0 aliphatic carbocycles. The molecule has 3 rings (SSSR count). The summed E-state index contributed by atoms with van der Waals surface area (Å²) in [6.45, 7) is 8.66. The molecule has 0 aromatic heterocycles. The van der Waals surface area contributed by atoms with E-state index in [2.05, 4.69) is 21.7 Å². The van der Waals surface area contributed by atoms with Gasteiger partial charge in [0.2, 0.25) is 11.8 Å². The van der Waals surface area contributed by atoms with E-state index < -0.39 is 5.60 Å². The van der Waals surface area contributed by atoms with Gasteiger partial charge < -0.3 is 25.5 Å². The lowest BCUT2D eigenvalue weighted by Crippen LogP contribution is -2.51. The largest absolute Gasteiger partial charge is 0.388 e. The molecule has 29 heavy (non-hydrogen) atoms. The van der Waals surface area contributed by atoms with Crippen LogP contribution in [0, 0.1) is 5.92 Å². The molecule has 3 aliphatic rings. The molecule has 0 saturated carbocycles. The highest BCUT2D eigenvalue weighted by atomic mass is 16.3. The Bertz CT molecular complexity index is 559. The van der Waals surface area contributed by atoms with Crippen LogP contribution < -0.4 is 5.73 Å². The van der Waals surface area contributed by atoms with Crippen LogP contribution in [-0.4, -0.2) is 115 Å². The minimum Gasteiger partial charge on any atom is -0.388 e. The predicted molar refractivity (Wildman–Crippen MR) is 112 cm³/mol. The van der Waals surface area contributed by atoms with E-state index in [4.69, 9.17) is 5.73 Å². The van der Waals surface area contributed by atoms with Crippen molar-refractivity contribution in [2.24, 2.45) is 11.7 Å². The van der Waals surface area contributed by atoms with E-state index in [0.29, 0.717) is 25.9 Å². The summed E-state index contributed by atoms with van der Waals surface area (Å²) in [5, 5.41) is 11.2. The number of rotatable bonds is 6. The van der Waals surface area contributed by atoms with Crippen molar-refractivity contribution in [3.8, 4) is 0 Å². The molecule has 3 heterocycles. The second-order valence-electron chi connectivity index (χ2n) is 9.31. The molecule has 3 aliphatic heterocycles. The van der Waals surface area contributed by atoms with Crippen LogP contribution in [-0.2, 0) is 9.59 Å². The quantitative estimate of drug-likeness (QED) is 0.618. The summed E-state index contributed by atoms with van der Waals surface area (Å²) in [7, 11) is 2.14. The van der Waals surface area contributed by atoms with Crippen LogP contribution in [0.15, 0.2) is 0 Å². The van der Waals surface area contributed by atoms with Gasteiger partial charge in [0.05, 0.1) is 5.60 Å². The standard InChI is InChI=1S/C21H39N5O3/c1-23-13-15-25(16-14-23)17-21(29)6-2-8-26(12-7-21)20(28)18-3-9-24(10-4-18)11-5-19(22)27/h18,29H,2-17H2,1H3,(H2,22,27). The van der Waals surface area contributed by atoms with E-state index in [9.17, 15) is 14.7 Å². The van der Waals surface area contributed by atoms with Crippen molar-refractivity contribution >= 4 is 11.8 Å². The Balaban J connectivity index is 1.44. The third kappa shape index (κ3) is 6.64. The predicted octanol–water partition coefficient (Wildman–Crippen LogP) is -0.435. The molecule has 0 radical (unpaired) electrons. The number of hydrogen-bond donors (Lipinski definition) is 2. The molecule has 0 bridgehead atoms. The second-order valence-corrected chi connectivity index (χ2v) is 9.31. The maximum Gasteiger partial charge on any atom is 0.225 e. The van der Waals surface area contributed by atoms with Crippen molar-refractivity contribution in [2.45, 2.75) is 44.1 Å². The van der Waals surface area contributed by atoms with Gasteiger partial charge in [-0.05, 0) is 52.2 Å². The molecule has 1 atom stereocenters. The summed E-state index contributed by atoms with van der Waals surface area (Å²) in [5.74, 6) is 0.0591. The van der Waals surface area contributed by atoms with Crippen LogP contribution in [0.1, 0.15) is 38.5 Å². The van der Waals surface area contributed by atoms with Crippen molar-refractivity contribution in [2.75, 3.05) is 72.5 Å². The fourth-order valence-electron chi connectivity index (χ4n) is 4.91. The van der Waals surface area contributed by atoms with Crippen molar-refractivity contribution in [1.82, 2.24) is 19.6 Å². The monoisotopic (exact) mass is 409 g/mol. The molecule has 3 N–H and O–H groups in total. The number of carbonyl (C=O) groups is 2. The molecule has 3 saturated heterocycles. The zero-order valence-corrected chi connectivity index (χ0v) is 18.0. The minimum absolute atomic E-state index is 0.0728. The lowest BCUT2D eigenvalue weighted by atomic mass is 9.93. The van der Waals surface area contributed by atoms with Crippen LogP contribution >= 0.6 is 0 Å². The number of carbonyl (C=O) groups excluding carboxylic acids is 2. The van der Waals surface area contributed by atoms with Gasteiger partial charge in [0.15, 0.2) is 0 Å². The zero-order valence-electron chi connectivity index (χ0n) is 18.0. The van der Waals surface area contributed by atoms with Gasteiger partial charge in [-0.3, -0.25) is 14.5 Å². The Morgan fingerprint density at radius 3 is 2.31 bits per heavy atom. The van der Waals surface area contributed by atoms with E-state index in [1.165, 1.54) is 0 Å². The molecule has 0 spiro atoms. The normalized spacial score (nSPS) is 29.0.